The molecule has 0 aromatic carbocycles. The van der Waals surface area contributed by atoms with Gasteiger partial charge in [-0.2, -0.15) is 0 Å². The van der Waals surface area contributed by atoms with Crippen LogP contribution in [-0.4, -0.2) is 29.7 Å². The number of alkyl halides is 1. The minimum atomic E-state index is -0.976. The predicted molar refractivity (Wildman–Crippen MR) is 47.6 cm³/mol. The fourth-order valence-electron chi connectivity index (χ4n) is 0.659. The summed E-state index contributed by atoms with van der Waals surface area (Å²) < 4.78 is 5.15. The predicted octanol–water partition coefficient (Wildman–Crippen LogP) is 1.89. The zero-order chi connectivity index (χ0) is 9.40. The Morgan fingerprint density at radius 2 is 2.25 bits per heavy atom. The van der Waals surface area contributed by atoms with Crippen molar-refractivity contribution in [2.75, 3.05) is 13.2 Å². The molecule has 0 amide bonds. The van der Waals surface area contributed by atoms with Gasteiger partial charge >= 0.3 is 5.97 Å². The average Bonchev–Trinajstić information content (AvgIpc) is 2.03. The molecule has 0 aliphatic rings. The molecule has 0 saturated heterocycles. The molecule has 1 unspecified atom stereocenters. The minimum Gasteiger partial charge on any atom is -0.480 e. The molecule has 4 heteroatoms. The van der Waals surface area contributed by atoms with Crippen molar-refractivity contribution in [3.05, 3.63) is 0 Å². The van der Waals surface area contributed by atoms with Crippen molar-refractivity contribution in [3.8, 4) is 0 Å². The van der Waals surface area contributed by atoms with Crippen LogP contribution in [0.2, 0.25) is 0 Å². The van der Waals surface area contributed by atoms with Gasteiger partial charge in [0.05, 0.1) is 0 Å². The SMILES string of the molecule is CCCCOCCC(Cl)C(=O)O. The molecule has 72 valence electrons. The van der Waals surface area contributed by atoms with Crippen molar-refractivity contribution in [1.29, 1.82) is 0 Å². The molecule has 0 heterocycles. The van der Waals surface area contributed by atoms with Gasteiger partial charge in [0.1, 0.15) is 5.38 Å². The van der Waals surface area contributed by atoms with Crippen LogP contribution in [0.25, 0.3) is 0 Å². The number of carboxylic acids is 1. The van der Waals surface area contributed by atoms with Crippen LogP contribution >= 0.6 is 11.6 Å². The normalized spacial score (nSPS) is 12.8. The van der Waals surface area contributed by atoms with Gasteiger partial charge in [0.2, 0.25) is 0 Å². The Morgan fingerprint density at radius 3 is 2.75 bits per heavy atom. The number of carboxylic acid groups (broad SMARTS) is 1. The number of ether oxygens (including phenoxy) is 1. The summed E-state index contributed by atoms with van der Waals surface area (Å²) in [6.45, 7) is 3.20. The summed E-state index contributed by atoms with van der Waals surface area (Å²) in [5.41, 5.74) is 0. The lowest BCUT2D eigenvalue weighted by Gasteiger charge is -2.04. The van der Waals surface area contributed by atoms with Crippen LogP contribution in [0, 0.1) is 0 Å². The smallest absolute Gasteiger partial charge is 0.321 e. The van der Waals surface area contributed by atoms with E-state index in [1.165, 1.54) is 0 Å². The summed E-state index contributed by atoms with van der Waals surface area (Å²) in [6, 6.07) is 0. The van der Waals surface area contributed by atoms with Crippen molar-refractivity contribution in [2.24, 2.45) is 0 Å². The highest BCUT2D eigenvalue weighted by molar-refractivity contribution is 6.29. The summed E-state index contributed by atoms with van der Waals surface area (Å²) in [4.78, 5) is 10.2. The van der Waals surface area contributed by atoms with Crippen molar-refractivity contribution < 1.29 is 14.6 Å². The maximum Gasteiger partial charge on any atom is 0.321 e. The molecule has 0 rings (SSSR count). The molecular formula is C8H15ClO3. The van der Waals surface area contributed by atoms with Crippen LogP contribution < -0.4 is 0 Å². The number of unbranched alkanes of at least 4 members (excludes halogenated alkanes) is 1. The van der Waals surface area contributed by atoms with E-state index < -0.39 is 11.3 Å². The van der Waals surface area contributed by atoms with E-state index >= 15 is 0 Å². The maximum atomic E-state index is 10.2. The molecule has 0 aromatic rings. The molecule has 0 saturated carbocycles. The van der Waals surface area contributed by atoms with E-state index in [1.54, 1.807) is 0 Å². The zero-order valence-electron chi connectivity index (χ0n) is 7.25. The summed E-state index contributed by atoms with van der Waals surface area (Å²) in [7, 11) is 0. The molecule has 12 heavy (non-hydrogen) atoms. The topological polar surface area (TPSA) is 46.5 Å². The third-order valence-electron chi connectivity index (χ3n) is 1.43. The lowest BCUT2D eigenvalue weighted by Crippen LogP contribution is -2.15. The average molecular weight is 195 g/mol. The van der Waals surface area contributed by atoms with E-state index in [-0.39, 0.29) is 0 Å². The maximum absolute atomic E-state index is 10.2. The Kier molecular flexibility index (Phi) is 7.20. The van der Waals surface area contributed by atoms with Gasteiger partial charge in [-0.3, -0.25) is 4.79 Å². The van der Waals surface area contributed by atoms with Crippen LogP contribution in [0.5, 0.6) is 0 Å². The lowest BCUT2D eigenvalue weighted by molar-refractivity contribution is -0.137. The van der Waals surface area contributed by atoms with E-state index in [9.17, 15) is 4.79 Å². The van der Waals surface area contributed by atoms with Crippen LogP contribution in [0.1, 0.15) is 26.2 Å². The van der Waals surface area contributed by atoms with Gasteiger partial charge < -0.3 is 9.84 Å². The summed E-state index contributed by atoms with van der Waals surface area (Å²) >= 11 is 5.45. The van der Waals surface area contributed by atoms with Crippen molar-refractivity contribution in [3.63, 3.8) is 0 Å². The fraction of sp³-hybridized carbons (Fsp3) is 0.875. The molecular weight excluding hydrogens is 180 g/mol. The van der Waals surface area contributed by atoms with E-state index in [0.717, 1.165) is 12.8 Å². The molecule has 0 aliphatic carbocycles. The van der Waals surface area contributed by atoms with Crippen LogP contribution in [0.4, 0.5) is 0 Å². The monoisotopic (exact) mass is 194 g/mol. The highest BCUT2D eigenvalue weighted by Gasteiger charge is 2.12. The quantitative estimate of drug-likeness (QED) is 0.497. The molecule has 0 bridgehead atoms. The second kappa shape index (κ2) is 7.37. The third-order valence-corrected chi connectivity index (χ3v) is 1.83. The molecule has 0 spiro atoms. The van der Waals surface area contributed by atoms with Gasteiger partial charge in [-0.05, 0) is 12.8 Å². The lowest BCUT2D eigenvalue weighted by atomic mass is 10.3. The number of hydrogen-bond donors (Lipinski definition) is 1. The van der Waals surface area contributed by atoms with Gasteiger partial charge in [-0.15, -0.1) is 11.6 Å². The van der Waals surface area contributed by atoms with Crippen molar-refractivity contribution in [1.82, 2.24) is 0 Å². The van der Waals surface area contributed by atoms with Gasteiger partial charge in [0.15, 0.2) is 0 Å². The molecule has 0 aliphatic heterocycles. The van der Waals surface area contributed by atoms with E-state index in [1.807, 2.05) is 0 Å². The molecule has 3 nitrogen and oxygen atoms in total. The Bertz CT molecular complexity index is 127. The molecule has 0 radical (unpaired) electrons. The minimum absolute atomic E-state index is 0.376. The van der Waals surface area contributed by atoms with Gasteiger partial charge in [-0.25, -0.2) is 0 Å². The Hall–Kier alpha value is -0.280. The summed E-state index contributed by atoms with van der Waals surface area (Å²) in [5, 5.41) is 7.58. The molecule has 0 fully saturated rings. The van der Waals surface area contributed by atoms with Gasteiger partial charge in [0, 0.05) is 13.2 Å². The largest absolute Gasteiger partial charge is 0.480 e. The van der Waals surface area contributed by atoms with Crippen LogP contribution in [0.15, 0.2) is 0 Å². The van der Waals surface area contributed by atoms with E-state index in [2.05, 4.69) is 6.92 Å². The standard InChI is InChI=1S/C8H15ClO3/c1-2-3-5-12-6-4-7(9)8(10)11/h7H,2-6H2,1H3,(H,10,11). The molecule has 1 N–H and O–H groups in total. The molecule has 1 atom stereocenters. The first-order chi connectivity index (χ1) is 5.68. The van der Waals surface area contributed by atoms with Crippen LogP contribution in [-0.2, 0) is 9.53 Å². The van der Waals surface area contributed by atoms with E-state index in [4.69, 9.17) is 21.4 Å². The Labute approximate surface area is 77.7 Å². The van der Waals surface area contributed by atoms with Crippen molar-refractivity contribution in [2.45, 2.75) is 31.6 Å². The van der Waals surface area contributed by atoms with Gasteiger partial charge in [0.25, 0.3) is 0 Å². The van der Waals surface area contributed by atoms with E-state index in [0.29, 0.717) is 19.6 Å². The van der Waals surface area contributed by atoms with Crippen LogP contribution in [0.3, 0.4) is 0 Å². The Morgan fingerprint density at radius 1 is 1.58 bits per heavy atom. The highest BCUT2D eigenvalue weighted by Crippen LogP contribution is 2.02. The summed E-state index contributed by atoms with van der Waals surface area (Å²) in [6.07, 6.45) is 2.48. The fourth-order valence-corrected chi connectivity index (χ4v) is 0.748. The highest BCUT2D eigenvalue weighted by atomic mass is 35.5. The van der Waals surface area contributed by atoms with Gasteiger partial charge in [-0.1, -0.05) is 13.3 Å². The first kappa shape index (κ1) is 11.7. The second-order valence-corrected chi connectivity index (χ2v) is 3.09. The zero-order valence-corrected chi connectivity index (χ0v) is 8.01. The first-order valence-corrected chi connectivity index (χ1v) is 4.56. The third kappa shape index (κ3) is 6.43. The van der Waals surface area contributed by atoms with Crippen molar-refractivity contribution >= 4 is 17.6 Å². The second-order valence-electron chi connectivity index (χ2n) is 2.56. The summed E-state index contributed by atoms with van der Waals surface area (Å²) in [5.74, 6) is -0.976. The Balaban J connectivity index is 3.14. The number of hydrogen-bond acceptors (Lipinski definition) is 2. The molecule has 0 aromatic heterocycles. The number of aliphatic carboxylic acids is 1. The number of rotatable bonds is 7. The number of halogens is 1. The first-order valence-electron chi connectivity index (χ1n) is 4.13. The number of carbonyl (C=O) groups is 1.